The van der Waals surface area contributed by atoms with Crippen LogP contribution in [0.4, 0.5) is 0 Å². The maximum absolute atomic E-state index is 5.83. The molecule has 1 aromatic rings. The molecule has 1 fully saturated rings. The van der Waals surface area contributed by atoms with Gasteiger partial charge in [0.05, 0.1) is 19.8 Å². The Balaban J connectivity index is 2.28. The van der Waals surface area contributed by atoms with E-state index in [1.807, 2.05) is 24.3 Å². The molecule has 0 amide bonds. The number of halogens is 1. The maximum atomic E-state index is 5.83. The van der Waals surface area contributed by atoms with Crippen molar-refractivity contribution in [2.24, 2.45) is 5.73 Å². The molecule has 1 saturated heterocycles. The van der Waals surface area contributed by atoms with Gasteiger partial charge in [0.25, 0.3) is 0 Å². The summed E-state index contributed by atoms with van der Waals surface area (Å²) < 4.78 is 11.3. The van der Waals surface area contributed by atoms with Crippen molar-refractivity contribution in [2.75, 3.05) is 19.8 Å². The first kappa shape index (κ1) is 10.9. The van der Waals surface area contributed by atoms with Crippen molar-refractivity contribution < 1.29 is 9.47 Å². The van der Waals surface area contributed by atoms with Gasteiger partial charge in [-0.1, -0.05) is 23.7 Å². The van der Waals surface area contributed by atoms with Crippen LogP contribution in [0.5, 0.6) is 0 Å². The van der Waals surface area contributed by atoms with Crippen LogP contribution < -0.4 is 5.73 Å². The largest absolute Gasteiger partial charge is 0.345 e. The van der Waals surface area contributed by atoms with Gasteiger partial charge in [-0.3, -0.25) is 0 Å². The number of hydrogen-bond donors (Lipinski definition) is 1. The summed E-state index contributed by atoms with van der Waals surface area (Å²) in [7, 11) is 0. The second kappa shape index (κ2) is 4.49. The van der Waals surface area contributed by atoms with Crippen LogP contribution in [-0.2, 0) is 15.3 Å². The van der Waals surface area contributed by atoms with E-state index in [1.54, 1.807) is 0 Å². The van der Waals surface area contributed by atoms with E-state index >= 15 is 0 Å². The molecule has 1 aliphatic rings. The van der Waals surface area contributed by atoms with Gasteiger partial charge in [-0.25, -0.2) is 0 Å². The van der Waals surface area contributed by atoms with E-state index in [4.69, 9.17) is 26.8 Å². The normalized spacial score (nSPS) is 20.1. The Hall–Kier alpha value is -0.610. The minimum atomic E-state index is -0.775. The molecule has 0 unspecified atom stereocenters. The highest BCUT2D eigenvalue weighted by Gasteiger charge is 2.35. The molecule has 4 heteroatoms. The van der Waals surface area contributed by atoms with E-state index in [2.05, 4.69) is 0 Å². The summed E-state index contributed by atoms with van der Waals surface area (Å²) in [6.07, 6.45) is 0.912. The van der Waals surface area contributed by atoms with E-state index in [0.29, 0.717) is 24.8 Å². The Morgan fingerprint density at radius 3 is 2.33 bits per heavy atom. The molecular formula is C11H14ClNO2. The zero-order valence-corrected chi connectivity index (χ0v) is 9.17. The summed E-state index contributed by atoms with van der Waals surface area (Å²) >= 11 is 5.83. The summed E-state index contributed by atoms with van der Waals surface area (Å²) in [6.45, 7) is 1.67. The highest BCUT2D eigenvalue weighted by Crippen LogP contribution is 2.30. The van der Waals surface area contributed by atoms with Crippen molar-refractivity contribution in [2.45, 2.75) is 12.2 Å². The average Bonchev–Trinajstić information content (AvgIpc) is 2.31. The fourth-order valence-electron chi connectivity index (χ4n) is 1.68. The van der Waals surface area contributed by atoms with Crippen molar-refractivity contribution in [1.29, 1.82) is 0 Å². The maximum Gasteiger partial charge on any atom is 0.207 e. The van der Waals surface area contributed by atoms with Crippen molar-refractivity contribution in [3.8, 4) is 0 Å². The van der Waals surface area contributed by atoms with Gasteiger partial charge in [-0.2, -0.15) is 0 Å². The number of rotatable bonds is 2. The quantitative estimate of drug-likeness (QED) is 0.839. The molecule has 0 atom stereocenters. The van der Waals surface area contributed by atoms with Crippen molar-refractivity contribution in [3.63, 3.8) is 0 Å². The van der Waals surface area contributed by atoms with Crippen LogP contribution >= 0.6 is 11.6 Å². The van der Waals surface area contributed by atoms with E-state index < -0.39 is 5.79 Å². The molecule has 15 heavy (non-hydrogen) atoms. The average molecular weight is 228 g/mol. The number of nitrogens with two attached hydrogens (primary N) is 1. The van der Waals surface area contributed by atoms with E-state index in [9.17, 15) is 0 Å². The number of benzene rings is 1. The molecule has 82 valence electrons. The molecule has 0 radical (unpaired) electrons. The minimum Gasteiger partial charge on any atom is -0.345 e. The Kier molecular flexibility index (Phi) is 3.26. The van der Waals surface area contributed by atoms with Crippen LogP contribution in [0.25, 0.3) is 0 Å². The lowest BCUT2D eigenvalue weighted by Gasteiger charge is -2.36. The first-order chi connectivity index (χ1) is 7.27. The summed E-state index contributed by atoms with van der Waals surface area (Å²) in [5.74, 6) is -0.775. The fourth-order valence-corrected chi connectivity index (χ4v) is 1.81. The SMILES string of the molecule is NCC1(c2ccc(Cl)cc2)OCCCO1. The smallest absolute Gasteiger partial charge is 0.207 e. The van der Waals surface area contributed by atoms with Gasteiger partial charge >= 0.3 is 0 Å². The molecule has 3 nitrogen and oxygen atoms in total. The van der Waals surface area contributed by atoms with Crippen LogP contribution in [0.1, 0.15) is 12.0 Å². The fraction of sp³-hybridized carbons (Fsp3) is 0.455. The molecule has 0 aromatic heterocycles. The molecule has 0 spiro atoms. The molecule has 0 aliphatic carbocycles. The van der Waals surface area contributed by atoms with Crippen molar-refractivity contribution in [3.05, 3.63) is 34.9 Å². The minimum absolute atomic E-state index is 0.314. The third-order valence-corrected chi connectivity index (χ3v) is 2.76. The third kappa shape index (κ3) is 2.16. The molecule has 1 heterocycles. The van der Waals surface area contributed by atoms with Gasteiger partial charge < -0.3 is 15.2 Å². The first-order valence-corrected chi connectivity index (χ1v) is 5.39. The lowest BCUT2D eigenvalue weighted by atomic mass is 10.1. The second-order valence-corrected chi connectivity index (χ2v) is 3.95. The lowest BCUT2D eigenvalue weighted by molar-refractivity contribution is -0.269. The van der Waals surface area contributed by atoms with Crippen LogP contribution in [-0.4, -0.2) is 19.8 Å². The molecule has 1 aliphatic heterocycles. The molecule has 0 saturated carbocycles. The van der Waals surface area contributed by atoms with Crippen LogP contribution in [0.3, 0.4) is 0 Å². The van der Waals surface area contributed by atoms with Gasteiger partial charge in [0.2, 0.25) is 5.79 Å². The number of ether oxygens (including phenoxy) is 2. The van der Waals surface area contributed by atoms with Crippen LogP contribution in [0, 0.1) is 0 Å². The highest BCUT2D eigenvalue weighted by molar-refractivity contribution is 6.30. The van der Waals surface area contributed by atoms with E-state index in [0.717, 1.165) is 12.0 Å². The summed E-state index contributed by atoms with van der Waals surface area (Å²) in [4.78, 5) is 0. The zero-order chi connectivity index (χ0) is 10.7. The standard InChI is InChI=1S/C11H14ClNO2/c12-10-4-2-9(3-5-10)11(8-13)14-6-1-7-15-11/h2-5H,1,6-8,13H2. The Bertz CT molecular complexity index is 320. The summed E-state index contributed by atoms with van der Waals surface area (Å²) in [5, 5.41) is 0.696. The lowest BCUT2D eigenvalue weighted by Crippen LogP contribution is -2.44. The summed E-state index contributed by atoms with van der Waals surface area (Å²) in [6, 6.07) is 7.41. The molecule has 2 rings (SSSR count). The van der Waals surface area contributed by atoms with E-state index in [-0.39, 0.29) is 0 Å². The van der Waals surface area contributed by atoms with Gasteiger partial charge in [0, 0.05) is 10.6 Å². The second-order valence-electron chi connectivity index (χ2n) is 3.51. The molecular weight excluding hydrogens is 214 g/mol. The van der Waals surface area contributed by atoms with E-state index in [1.165, 1.54) is 0 Å². The van der Waals surface area contributed by atoms with Crippen molar-refractivity contribution in [1.82, 2.24) is 0 Å². The molecule has 0 bridgehead atoms. The predicted molar refractivity (Wildman–Crippen MR) is 58.7 cm³/mol. The molecule has 1 aromatic carbocycles. The summed E-state index contributed by atoms with van der Waals surface area (Å²) in [5.41, 5.74) is 6.65. The molecule has 2 N–H and O–H groups in total. The van der Waals surface area contributed by atoms with Gasteiger partial charge in [0.15, 0.2) is 0 Å². The predicted octanol–water partition coefficient (Wildman–Crippen LogP) is 1.89. The Morgan fingerprint density at radius 2 is 1.80 bits per heavy atom. The highest BCUT2D eigenvalue weighted by atomic mass is 35.5. The van der Waals surface area contributed by atoms with Gasteiger partial charge in [-0.05, 0) is 18.6 Å². The Labute approximate surface area is 94.1 Å². The third-order valence-electron chi connectivity index (χ3n) is 2.51. The number of hydrogen-bond acceptors (Lipinski definition) is 3. The monoisotopic (exact) mass is 227 g/mol. The van der Waals surface area contributed by atoms with Crippen LogP contribution in [0.2, 0.25) is 5.02 Å². The first-order valence-electron chi connectivity index (χ1n) is 5.01. The Morgan fingerprint density at radius 1 is 1.20 bits per heavy atom. The topological polar surface area (TPSA) is 44.5 Å². The zero-order valence-electron chi connectivity index (χ0n) is 8.41. The van der Waals surface area contributed by atoms with Gasteiger partial charge in [0.1, 0.15) is 0 Å². The van der Waals surface area contributed by atoms with Crippen LogP contribution in [0.15, 0.2) is 24.3 Å². The van der Waals surface area contributed by atoms with Crippen molar-refractivity contribution >= 4 is 11.6 Å². The van der Waals surface area contributed by atoms with Gasteiger partial charge in [-0.15, -0.1) is 0 Å².